The van der Waals surface area contributed by atoms with E-state index in [-0.39, 0.29) is 17.3 Å². The number of nitrogens with one attached hydrogen (secondary N) is 1. The maximum absolute atomic E-state index is 13.1. The van der Waals surface area contributed by atoms with Crippen LogP contribution < -0.4 is 5.32 Å². The second-order valence-electron chi connectivity index (χ2n) is 6.07. The Morgan fingerprint density at radius 3 is 2.44 bits per heavy atom. The summed E-state index contributed by atoms with van der Waals surface area (Å²) < 4.78 is 44.4. The predicted octanol–water partition coefficient (Wildman–Crippen LogP) is 3.46. The maximum Gasteiger partial charge on any atom is 0.418 e. The lowest BCUT2D eigenvalue weighted by molar-refractivity contribution is -0.137. The highest BCUT2D eigenvalue weighted by atomic mass is 35.5. The van der Waals surface area contributed by atoms with E-state index in [2.05, 4.69) is 5.32 Å². The molecule has 2 amide bonds. The third-order valence-electron chi connectivity index (χ3n) is 4.31. The fraction of sp³-hybridized carbons (Fsp3) is 0.529. The number of amides is 2. The van der Waals surface area contributed by atoms with Gasteiger partial charge in [0.15, 0.2) is 0 Å². The van der Waals surface area contributed by atoms with Crippen LogP contribution in [0.5, 0.6) is 0 Å². The Morgan fingerprint density at radius 1 is 1.26 bits per heavy atom. The summed E-state index contributed by atoms with van der Waals surface area (Å²) in [5.41, 5.74) is -1.34. The van der Waals surface area contributed by atoms with Crippen LogP contribution >= 0.6 is 11.6 Å². The Bertz CT molecular complexity index is 692. The second kappa shape index (κ2) is 8.79. The van der Waals surface area contributed by atoms with E-state index in [9.17, 15) is 22.8 Å². The molecule has 0 aromatic heterocycles. The molecule has 1 heterocycles. The van der Waals surface area contributed by atoms with Crippen LogP contribution in [0.4, 0.5) is 23.7 Å². The normalized spacial score (nSPS) is 16.7. The van der Waals surface area contributed by atoms with Crippen molar-refractivity contribution in [1.82, 2.24) is 9.80 Å². The number of ether oxygens (including phenoxy) is 1. The van der Waals surface area contributed by atoms with Crippen LogP contribution in [0, 0.1) is 0 Å². The Labute approximate surface area is 160 Å². The molecule has 1 aromatic rings. The first-order valence-electron chi connectivity index (χ1n) is 8.46. The van der Waals surface area contributed by atoms with E-state index in [0.717, 1.165) is 12.1 Å². The van der Waals surface area contributed by atoms with E-state index >= 15 is 0 Å². The van der Waals surface area contributed by atoms with Gasteiger partial charge in [-0.05, 0) is 32.0 Å². The highest BCUT2D eigenvalue weighted by Gasteiger charge is 2.35. The SMILES string of the molecule is CCOC(=O)N1CCN([C@@H](C)C(=O)Nc2ccc(Cl)cc2C(F)(F)F)CC1. The Morgan fingerprint density at radius 2 is 1.89 bits per heavy atom. The molecule has 0 spiro atoms. The van der Waals surface area contributed by atoms with E-state index in [0.29, 0.717) is 26.2 Å². The zero-order chi connectivity index (χ0) is 20.2. The van der Waals surface area contributed by atoms with Crippen molar-refractivity contribution in [1.29, 1.82) is 0 Å². The summed E-state index contributed by atoms with van der Waals surface area (Å²) in [6.07, 6.45) is -5.05. The molecule has 1 N–H and O–H groups in total. The monoisotopic (exact) mass is 407 g/mol. The summed E-state index contributed by atoms with van der Waals surface area (Å²) in [6.45, 7) is 5.20. The molecule has 0 saturated carbocycles. The van der Waals surface area contributed by atoms with E-state index < -0.39 is 29.8 Å². The number of hydrogen-bond acceptors (Lipinski definition) is 4. The first-order valence-corrected chi connectivity index (χ1v) is 8.84. The summed E-state index contributed by atoms with van der Waals surface area (Å²) in [4.78, 5) is 27.5. The minimum absolute atomic E-state index is 0.0662. The number of benzene rings is 1. The molecule has 0 bridgehead atoms. The third-order valence-corrected chi connectivity index (χ3v) is 4.55. The van der Waals surface area contributed by atoms with Crippen molar-refractivity contribution >= 4 is 29.3 Å². The van der Waals surface area contributed by atoms with Crippen molar-refractivity contribution in [3.63, 3.8) is 0 Å². The molecule has 0 unspecified atom stereocenters. The predicted molar refractivity (Wildman–Crippen MR) is 94.7 cm³/mol. The summed E-state index contributed by atoms with van der Waals surface area (Å²) in [5, 5.41) is 2.26. The van der Waals surface area contributed by atoms with Crippen LogP contribution in [-0.4, -0.2) is 60.6 Å². The zero-order valence-electron chi connectivity index (χ0n) is 15.0. The molecule has 1 aromatic carbocycles. The van der Waals surface area contributed by atoms with Gasteiger partial charge in [0.1, 0.15) is 0 Å². The standard InChI is InChI=1S/C17H21ClF3N3O3/c1-3-27-16(26)24-8-6-23(7-9-24)11(2)15(25)22-14-5-4-12(18)10-13(14)17(19,20)21/h4-5,10-11H,3,6-9H2,1-2H3,(H,22,25)/t11-/m0/s1. The van der Waals surface area contributed by atoms with Crippen molar-refractivity contribution in [3.8, 4) is 0 Å². The minimum Gasteiger partial charge on any atom is -0.450 e. The number of hydrogen-bond donors (Lipinski definition) is 1. The number of nitrogens with zero attached hydrogens (tertiary/aromatic N) is 2. The molecule has 1 atom stereocenters. The van der Waals surface area contributed by atoms with Crippen LogP contribution in [0.25, 0.3) is 0 Å². The van der Waals surface area contributed by atoms with Gasteiger partial charge in [0.25, 0.3) is 0 Å². The zero-order valence-corrected chi connectivity index (χ0v) is 15.7. The van der Waals surface area contributed by atoms with Gasteiger partial charge in [0.2, 0.25) is 5.91 Å². The average Bonchev–Trinajstić information content (AvgIpc) is 2.62. The van der Waals surface area contributed by atoms with E-state index in [1.165, 1.54) is 11.0 Å². The van der Waals surface area contributed by atoms with E-state index in [1.807, 2.05) is 0 Å². The first-order chi connectivity index (χ1) is 12.6. The number of anilines is 1. The third kappa shape index (κ3) is 5.49. The summed E-state index contributed by atoms with van der Waals surface area (Å²) in [5.74, 6) is -0.563. The first kappa shape index (κ1) is 21.3. The summed E-state index contributed by atoms with van der Waals surface area (Å²) >= 11 is 5.64. The van der Waals surface area contributed by atoms with Gasteiger partial charge in [-0.2, -0.15) is 13.2 Å². The van der Waals surface area contributed by atoms with Gasteiger partial charge < -0.3 is 15.0 Å². The second-order valence-corrected chi connectivity index (χ2v) is 6.51. The molecule has 1 aliphatic rings. The minimum atomic E-state index is -4.64. The number of carbonyl (C=O) groups excluding carboxylic acids is 2. The van der Waals surface area contributed by atoms with E-state index in [4.69, 9.17) is 16.3 Å². The van der Waals surface area contributed by atoms with Crippen LogP contribution in [0.1, 0.15) is 19.4 Å². The fourth-order valence-electron chi connectivity index (χ4n) is 2.77. The topological polar surface area (TPSA) is 61.9 Å². The fourth-order valence-corrected chi connectivity index (χ4v) is 2.94. The van der Waals surface area contributed by atoms with Crippen molar-refractivity contribution in [3.05, 3.63) is 28.8 Å². The number of rotatable bonds is 4. The quantitative estimate of drug-likeness (QED) is 0.830. The van der Waals surface area contributed by atoms with Crippen molar-refractivity contribution in [2.75, 3.05) is 38.1 Å². The Balaban J connectivity index is 2.00. The van der Waals surface area contributed by atoms with Gasteiger partial charge in [0, 0.05) is 31.2 Å². The molecule has 27 heavy (non-hydrogen) atoms. The Kier molecular flexibility index (Phi) is 6.94. The molecule has 0 radical (unpaired) electrons. The van der Waals surface area contributed by atoms with Crippen LogP contribution in [0.2, 0.25) is 5.02 Å². The van der Waals surface area contributed by atoms with Crippen LogP contribution in [0.3, 0.4) is 0 Å². The smallest absolute Gasteiger partial charge is 0.418 e. The van der Waals surface area contributed by atoms with Crippen LogP contribution in [0.15, 0.2) is 18.2 Å². The van der Waals surface area contributed by atoms with E-state index in [1.54, 1.807) is 18.7 Å². The lowest BCUT2D eigenvalue weighted by Gasteiger charge is -2.36. The molecule has 1 fully saturated rings. The molecule has 150 valence electrons. The molecule has 0 aliphatic carbocycles. The van der Waals surface area contributed by atoms with Gasteiger partial charge in [-0.1, -0.05) is 11.6 Å². The van der Waals surface area contributed by atoms with Crippen molar-refractivity contribution < 1.29 is 27.5 Å². The molecular weight excluding hydrogens is 387 g/mol. The average molecular weight is 408 g/mol. The number of carbonyl (C=O) groups is 2. The molecule has 1 aliphatic heterocycles. The summed E-state index contributed by atoms with van der Waals surface area (Å²) in [6, 6.07) is 2.54. The number of halogens is 4. The lowest BCUT2D eigenvalue weighted by Crippen LogP contribution is -2.54. The van der Waals surface area contributed by atoms with Crippen molar-refractivity contribution in [2.24, 2.45) is 0 Å². The molecular formula is C17H21ClF3N3O3. The molecule has 1 saturated heterocycles. The molecule has 6 nitrogen and oxygen atoms in total. The van der Waals surface area contributed by atoms with Gasteiger partial charge in [0.05, 0.1) is 23.9 Å². The highest BCUT2D eigenvalue weighted by Crippen LogP contribution is 2.36. The molecule has 2 rings (SSSR count). The molecule has 10 heteroatoms. The number of alkyl halides is 3. The van der Waals surface area contributed by atoms with Gasteiger partial charge >= 0.3 is 12.3 Å². The summed E-state index contributed by atoms with van der Waals surface area (Å²) in [7, 11) is 0. The highest BCUT2D eigenvalue weighted by molar-refractivity contribution is 6.30. The van der Waals surface area contributed by atoms with Gasteiger partial charge in [-0.3, -0.25) is 9.69 Å². The van der Waals surface area contributed by atoms with Crippen LogP contribution in [-0.2, 0) is 15.7 Å². The maximum atomic E-state index is 13.1. The number of piperazine rings is 1. The van der Waals surface area contributed by atoms with Crippen molar-refractivity contribution in [2.45, 2.75) is 26.1 Å². The Hall–Kier alpha value is -2.00. The van der Waals surface area contributed by atoms with Gasteiger partial charge in [-0.25, -0.2) is 4.79 Å². The largest absolute Gasteiger partial charge is 0.450 e. The van der Waals surface area contributed by atoms with Gasteiger partial charge in [-0.15, -0.1) is 0 Å². The lowest BCUT2D eigenvalue weighted by atomic mass is 10.1.